The Labute approximate surface area is 77.6 Å². The fourth-order valence-electron chi connectivity index (χ4n) is 2.48. The lowest BCUT2D eigenvalue weighted by atomic mass is 9.86. The number of fused-ring (bicyclic) bond motifs is 2. The Morgan fingerprint density at radius 3 is 1.82 bits per heavy atom. The fraction of sp³-hybridized carbons (Fsp3) is 0.778. The second-order valence-electron chi connectivity index (χ2n) is 3.58. The Morgan fingerprint density at radius 1 is 1.00 bits per heavy atom. The molecule has 0 unspecified atom stereocenters. The third-order valence-electron chi connectivity index (χ3n) is 3.16. The van der Waals surface area contributed by atoms with E-state index in [1.807, 2.05) is 0 Å². The molecule has 1 saturated carbocycles. The SMILES string of the molecule is ClC[C@@H]1[C@H](CCl)[C@@H]2C=C[C@H]1C2. The molecule has 0 spiro atoms. The van der Waals surface area contributed by atoms with Crippen LogP contribution in [0.25, 0.3) is 0 Å². The maximum atomic E-state index is 5.88. The summed E-state index contributed by atoms with van der Waals surface area (Å²) < 4.78 is 0. The van der Waals surface area contributed by atoms with E-state index in [1.165, 1.54) is 6.42 Å². The van der Waals surface area contributed by atoms with Crippen LogP contribution in [-0.4, -0.2) is 11.8 Å². The van der Waals surface area contributed by atoms with Crippen molar-refractivity contribution in [3.63, 3.8) is 0 Å². The van der Waals surface area contributed by atoms with Crippen LogP contribution in [-0.2, 0) is 0 Å². The van der Waals surface area contributed by atoms with Crippen LogP contribution in [0.3, 0.4) is 0 Å². The first-order chi connectivity index (χ1) is 5.36. The summed E-state index contributed by atoms with van der Waals surface area (Å²) in [7, 11) is 0. The van der Waals surface area contributed by atoms with Crippen molar-refractivity contribution < 1.29 is 0 Å². The molecule has 11 heavy (non-hydrogen) atoms. The lowest BCUT2D eigenvalue weighted by Gasteiger charge is -2.23. The molecule has 0 N–H and O–H groups in total. The van der Waals surface area contributed by atoms with Gasteiger partial charge in [0, 0.05) is 11.8 Å². The maximum Gasteiger partial charge on any atom is 0.0260 e. The van der Waals surface area contributed by atoms with Crippen molar-refractivity contribution in [1.82, 2.24) is 0 Å². The van der Waals surface area contributed by atoms with Crippen molar-refractivity contribution in [1.29, 1.82) is 0 Å². The second-order valence-corrected chi connectivity index (χ2v) is 4.20. The third-order valence-corrected chi connectivity index (χ3v) is 3.87. The molecule has 0 amide bonds. The molecular formula is C9H12Cl2. The highest BCUT2D eigenvalue weighted by molar-refractivity contribution is 6.19. The normalized spacial score (nSPS) is 47.1. The summed E-state index contributed by atoms with van der Waals surface area (Å²) >= 11 is 11.8. The average Bonchev–Trinajstić information content (AvgIpc) is 2.60. The zero-order valence-electron chi connectivity index (χ0n) is 6.34. The molecule has 0 aromatic rings. The largest absolute Gasteiger partial charge is 0.126 e. The molecular weight excluding hydrogens is 179 g/mol. The summed E-state index contributed by atoms with van der Waals surface area (Å²) in [5.74, 6) is 4.35. The molecule has 2 aliphatic carbocycles. The van der Waals surface area contributed by atoms with E-state index >= 15 is 0 Å². The topological polar surface area (TPSA) is 0 Å². The minimum Gasteiger partial charge on any atom is -0.126 e. The van der Waals surface area contributed by atoms with Gasteiger partial charge in [-0.1, -0.05) is 12.2 Å². The van der Waals surface area contributed by atoms with Crippen molar-refractivity contribution in [3.05, 3.63) is 12.2 Å². The number of hydrogen-bond acceptors (Lipinski definition) is 0. The Bertz CT molecular complexity index is 158. The minimum atomic E-state index is 0.657. The van der Waals surface area contributed by atoms with Crippen LogP contribution in [0.2, 0.25) is 0 Å². The van der Waals surface area contributed by atoms with Gasteiger partial charge in [-0.2, -0.15) is 0 Å². The summed E-state index contributed by atoms with van der Waals surface area (Å²) in [6.07, 6.45) is 5.94. The van der Waals surface area contributed by atoms with Crippen molar-refractivity contribution in [2.45, 2.75) is 6.42 Å². The first-order valence-corrected chi connectivity index (χ1v) is 5.24. The van der Waals surface area contributed by atoms with Gasteiger partial charge in [-0.15, -0.1) is 23.2 Å². The van der Waals surface area contributed by atoms with Crippen LogP contribution in [0.15, 0.2) is 12.2 Å². The van der Waals surface area contributed by atoms with E-state index in [1.54, 1.807) is 0 Å². The highest BCUT2D eigenvalue weighted by atomic mass is 35.5. The Balaban J connectivity index is 2.15. The van der Waals surface area contributed by atoms with Gasteiger partial charge >= 0.3 is 0 Å². The zero-order valence-corrected chi connectivity index (χ0v) is 7.85. The average molecular weight is 191 g/mol. The highest BCUT2D eigenvalue weighted by Crippen LogP contribution is 2.48. The molecule has 2 bridgehead atoms. The van der Waals surface area contributed by atoms with E-state index in [0.29, 0.717) is 11.8 Å². The summed E-state index contributed by atoms with van der Waals surface area (Å²) in [4.78, 5) is 0. The monoisotopic (exact) mass is 190 g/mol. The van der Waals surface area contributed by atoms with Crippen molar-refractivity contribution >= 4 is 23.2 Å². The standard InChI is InChI=1S/C9H12Cl2/c10-4-8-6-1-2-7(3-6)9(8)5-11/h1-2,6-9H,3-5H2/t6-,7+,8-,9+. The maximum absolute atomic E-state index is 5.88. The van der Waals surface area contributed by atoms with Gasteiger partial charge < -0.3 is 0 Å². The number of rotatable bonds is 2. The van der Waals surface area contributed by atoms with Crippen LogP contribution < -0.4 is 0 Å². The lowest BCUT2D eigenvalue weighted by Crippen LogP contribution is -2.22. The van der Waals surface area contributed by atoms with Crippen LogP contribution in [0, 0.1) is 23.7 Å². The van der Waals surface area contributed by atoms with Crippen LogP contribution in [0.5, 0.6) is 0 Å². The van der Waals surface area contributed by atoms with Gasteiger partial charge in [0.15, 0.2) is 0 Å². The quantitative estimate of drug-likeness (QED) is 0.465. The summed E-state index contributed by atoms with van der Waals surface area (Å²) in [6.45, 7) is 0. The molecule has 0 aromatic heterocycles. The summed E-state index contributed by atoms with van der Waals surface area (Å²) in [6, 6.07) is 0. The van der Waals surface area contributed by atoms with Crippen molar-refractivity contribution in [2.24, 2.45) is 23.7 Å². The molecule has 2 aliphatic rings. The molecule has 0 aliphatic heterocycles. The fourth-order valence-corrected chi connectivity index (χ4v) is 3.40. The van der Waals surface area contributed by atoms with E-state index in [4.69, 9.17) is 23.2 Å². The van der Waals surface area contributed by atoms with Crippen LogP contribution >= 0.6 is 23.2 Å². The predicted molar refractivity (Wildman–Crippen MR) is 49.2 cm³/mol. The van der Waals surface area contributed by atoms with E-state index in [9.17, 15) is 0 Å². The highest BCUT2D eigenvalue weighted by Gasteiger charge is 2.42. The van der Waals surface area contributed by atoms with E-state index in [-0.39, 0.29) is 0 Å². The van der Waals surface area contributed by atoms with Crippen LogP contribution in [0.1, 0.15) is 6.42 Å². The first-order valence-electron chi connectivity index (χ1n) is 4.17. The number of allylic oxidation sites excluding steroid dienone is 2. The summed E-state index contributed by atoms with van der Waals surface area (Å²) in [5.41, 5.74) is 0. The number of halogens is 2. The molecule has 2 rings (SSSR count). The first kappa shape index (κ1) is 7.94. The Hall–Kier alpha value is 0.320. The lowest BCUT2D eigenvalue weighted by molar-refractivity contribution is 0.373. The van der Waals surface area contributed by atoms with Gasteiger partial charge in [-0.05, 0) is 30.1 Å². The minimum absolute atomic E-state index is 0.657. The van der Waals surface area contributed by atoms with Gasteiger partial charge in [-0.25, -0.2) is 0 Å². The molecule has 0 radical (unpaired) electrons. The van der Waals surface area contributed by atoms with Gasteiger partial charge in [0.05, 0.1) is 0 Å². The zero-order chi connectivity index (χ0) is 7.84. The molecule has 1 fully saturated rings. The predicted octanol–water partition coefficient (Wildman–Crippen LogP) is 2.90. The van der Waals surface area contributed by atoms with Crippen molar-refractivity contribution in [3.8, 4) is 0 Å². The number of alkyl halides is 2. The molecule has 0 aromatic carbocycles. The molecule has 62 valence electrons. The van der Waals surface area contributed by atoms with Crippen molar-refractivity contribution in [2.75, 3.05) is 11.8 Å². The van der Waals surface area contributed by atoms with E-state index in [0.717, 1.165) is 23.6 Å². The van der Waals surface area contributed by atoms with Gasteiger partial charge in [-0.3, -0.25) is 0 Å². The van der Waals surface area contributed by atoms with Crippen LogP contribution in [0.4, 0.5) is 0 Å². The third kappa shape index (κ3) is 1.11. The van der Waals surface area contributed by atoms with Gasteiger partial charge in [0.2, 0.25) is 0 Å². The summed E-state index contributed by atoms with van der Waals surface area (Å²) in [5, 5.41) is 0. The molecule has 0 heterocycles. The Kier molecular flexibility index (Phi) is 2.16. The Morgan fingerprint density at radius 2 is 1.45 bits per heavy atom. The van der Waals surface area contributed by atoms with E-state index < -0.39 is 0 Å². The second kappa shape index (κ2) is 2.99. The number of hydrogen-bond donors (Lipinski definition) is 0. The molecule has 4 atom stereocenters. The molecule has 0 nitrogen and oxygen atoms in total. The molecule has 2 heteroatoms. The van der Waals surface area contributed by atoms with Gasteiger partial charge in [0.25, 0.3) is 0 Å². The van der Waals surface area contributed by atoms with E-state index in [2.05, 4.69) is 12.2 Å². The smallest absolute Gasteiger partial charge is 0.0260 e. The van der Waals surface area contributed by atoms with Gasteiger partial charge in [0.1, 0.15) is 0 Å². The molecule has 0 saturated heterocycles.